The Labute approximate surface area is 198 Å². The minimum atomic E-state index is -4.81. The molecule has 0 amide bonds. The summed E-state index contributed by atoms with van der Waals surface area (Å²) in [6.45, 7) is -0.382. The third kappa shape index (κ3) is 4.94. The van der Waals surface area contributed by atoms with Crippen molar-refractivity contribution in [1.29, 1.82) is 0 Å². The molecule has 186 valence electrons. The van der Waals surface area contributed by atoms with E-state index in [4.69, 9.17) is 5.11 Å². The van der Waals surface area contributed by atoms with Crippen LogP contribution in [-0.2, 0) is 34.0 Å². The number of hydrogen-bond donors (Lipinski definition) is 1. The van der Waals surface area contributed by atoms with Crippen LogP contribution in [0.25, 0.3) is 11.1 Å². The van der Waals surface area contributed by atoms with Gasteiger partial charge in [0.05, 0.1) is 22.7 Å². The highest BCUT2D eigenvalue weighted by Gasteiger charge is 2.37. The van der Waals surface area contributed by atoms with E-state index >= 15 is 0 Å². The summed E-state index contributed by atoms with van der Waals surface area (Å²) in [6, 6.07) is 6.51. The molecule has 1 aromatic heterocycles. The van der Waals surface area contributed by atoms with Gasteiger partial charge < -0.3 is 5.11 Å². The molecule has 0 spiro atoms. The molecule has 1 heterocycles. The zero-order valence-corrected chi connectivity index (χ0v) is 19.3. The molecule has 7 nitrogen and oxygen atoms in total. The van der Waals surface area contributed by atoms with Crippen molar-refractivity contribution in [2.24, 2.45) is 0 Å². The summed E-state index contributed by atoms with van der Waals surface area (Å²) in [5.41, 5.74) is 0.165. The number of rotatable bonds is 6. The fourth-order valence-electron chi connectivity index (χ4n) is 4.29. The summed E-state index contributed by atoms with van der Waals surface area (Å²) in [5.74, 6) is -1.68. The maximum Gasteiger partial charge on any atom is 0.416 e. The number of fused-ring (bicyclic) bond motifs is 1. The van der Waals surface area contributed by atoms with Crippen molar-refractivity contribution in [3.8, 4) is 11.1 Å². The van der Waals surface area contributed by atoms with E-state index in [0.29, 0.717) is 36.6 Å². The average Bonchev–Trinajstić information content (AvgIpc) is 3.20. The molecule has 0 unspecified atom stereocenters. The second kappa shape index (κ2) is 9.08. The van der Waals surface area contributed by atoms with Gasteiger partial charge in [-0.2, -0.15) is 22.6 Å². The lowest BCUT2D eigenvalue weighted by molar-refractivity contribution is -0.138. The van der Waals surface area contributed by atoms with Gasteiger partial charge in [-0.3, -0.25) is 9.48 Å². The van der Waals surface area contributed by atoms with Gasteiger partial charge in [0.2, 0.25) is 10.0 Å². The van der Waals surface area contributed by atoms with E-state index in [1.165, 1.54) is 30.1 Å². The molecule has 0 saturated heterocycles. The Morgan fingerprint density at radius 1 is 1.17 bits per heavy atom. The average molecular weight is 511 g/mol. The Kier molecular flexibility index (Phi) is 6.45. The minimum absolute atomic E-state index is 0.0228. The molecule has 35 heavy (non-hydrogen) atoms. The molecule has 3 aromatic rings. The number of nitrogens with zero attached hydrogens (tertiary/aromatic N) is 3. The van der Waals surface area contributed by atoms with Gasteiger partial charge in [-0.15, -0.1) is 0 Å². The first-order chi connectivity index (χ1) is 16.4. The zero-order valence-electron chi connectivity index (χ0n) is 18.5. The van der Waals surface area contributed by atoms with E-state index in [-0.39, 0.29) is 17.7 Å². The first kappa shape index (κ1) is 24.9. The van der Waals surface area contributed by atoms with Crippen molar-refractivity contribution < 1.29 is 35.9 Å². The van der Waals surface area contributed by atoms with Crippen molar-refractivity contribution >= 4 is 16.0 Å². The maximum atomic E-state index is 13.6. The predicted octanol–water partition coefficient (Wildman–Crippen LogP) is 4.49. The van der Waals surface area contributed by atoms with Crippen molar-refractivity contribution in [2.45, 2.75) is 42.9 Å². The first-order valence-corrected chi connectivity index (χ1v) is 12.0. The van der Waals surface area contributed by atoms with Gasteiger partial charge in [-0.1, -0.05) is 12.1 Å². The number of hydrogen-bond acceptors (Lipinski definition) is 4. The first-order valence-electron chi connectivity index (χ1n) is 10.6. The quantitative estimate of drug-likeness (QED) is 0.493. The lowest BCUT2D eigenvalue weighted by Crippen LogP contribution is -2.33. The highest BCUT2D eigenvalue weighted by atomic mass is 32.2. The Morgan fingerprint density at radius 2 is 1.86 bits per heavy atom. The van der Waals surface area contributed by atoms with E-state index in [1.807, 2.05) is 0 Å². The lowest BCUT2D eigenvalue weighted by atomic mass is 9.93. The second-order valence-corrected chi connectivity index (χ2v) is 10.3. The molecular weight excluding hydrogens is 490 g/mol. The molecular formula is C23H21F4N3O4S. The molecule has 1 aliphatic carbocycles. The zero-order chi connectivity index (χ0) is 25.5. The van der Waals surface area contributed by atoms with Crippen molar-refractivity contribution in [2.75, 3.05) is 7.05 Å². The van der Waals surface area contributed by atoms with Crippen molar-refractivity contribution in [3.05, 3.63) is 71.3 Å². The van der Waals surface area contributed by atoms with Crippen LogP contribution in [0.1, 0.15) is 35.7 Å². The number of sulfonamides is 1. The number of carbonyl (C=O) groups is 1. The number of benzene rings is 2. The normalized spacial score (nSPS) is 16.3. The highest BCUT2D eigenvalue weighted by molar-refractivity contribution is 7.89. The number of carboxylic acids is 1. The Bertz CT molecular complexity index is 1370. The summed E-state index contributed by atoms with van der Waals surface area (Å²) in [7, 11) is -3.13. The van der Waals surface area contributed by atoms with Gasteiger partial charge in [0.15, 0.2) is 0 Å². The van der Waals surface area contributed by atoms with E-state index in [0.717, 1.165) is 28.6 Å². The third-order valence-corrected chi connectivity index (χ3v) is 7.89. The monoisotopic (exact) mass is 511 g/mol. The molecule has 0 radical (unpaired) electrons. The molecule has 0 aliphatic heterocycles. The SMILES string of the molecule is CN([C@@H]1CCCc2c1cnn2CC(=O)O)S(=O)(=O)c1cc(-c2ccc(F)cc2)cc(C(F)(F)F)c1. The Hall–Kier alpha value is -3.25. The van der Waals surface area contributed by atoms with Gasteiger partial charge in [0, 0.05) is 18.3 Å². The number of halogens is 4. The third-order valence-electron chi connectivity index (χ3n) is 6.04. The Morgan fingerprint density at radius 3 is 2.49 bits per heavy atom. The molecule has 2 aromatic carbocycles. The van der Waals surface area contributed by atoms with Gasteiger partial charge in [-0.05, 0) is 60.7 Å². The molecule has 1 N–H and O–H groups in total. The summed E-state index contributed by atoms with van der Waals surface area (Å²) in [6.07, 6.45) is -1.96. The van der Waals surface area contributed by atoms with Gasteiger partial charge in [-0.25, -0.2) is 12.8 Å². The van der Waals surface area contributed by atoms with Crippen LogP contribution in [0, 0.1) is 5.82 Å². The molecule has 12 heteroatoms. The van der Waals surface area contributed by atoms with Crippen LogP contribution in [0.15, 0.2) is 53.6 Å². The summed E-state index contributed by atoms with van der Waals surface area (Å²) in [5, 5.41) is 13.2. The van der Waals surface area contributed by atoms with Gasteiger partial charge >= 0.3 is 12.1 Å². The van der Waals surface area contributed by atoms with Crippen molar-refractivity contribution in [1.82, 2.24) is 14.1 Å². The lowest BCUT2D eigenvalue weighted by Gasteiger charge is -2.31. The molecule has 1 aliphatic rings. The molecule has 0 bridgehead atoms. The summed E-state index contributed by atoms with van der Waals surface area (Å²) in [4.78, 5) is 10.6. The maximum absolute atomic E-state index is 13.6. The largest absolute Gasteiger partial charge is 0.480 e. The molecule has 4 rings (SSSR count). The number of carboxylic acid groups (broad SMARTS) is 1. The summed E-state index contributed by atoms with van der Waals surface area (Å²) >= 11 is 0. The van der Waals surface area contributed by atoms with Crippen LogP contribution in [0.4, 0.5) is 17.6 Å². The minimum Gasteiger partial charge on any atom is -0.480 e. The van der Waals surface area contributed by atoms with Crippen LogP contribution in [-0.4, -0.2) is 40.6 Å². The van der Waals surface area contributed by atoms with Crippen LogP contribution < -0.4 is 0 Å². The molecule has 1 atom stereocenters. The second-order valence-electron chi connectivity index (χ2n) is 8.28. The highest BCUT2D eigenvalue weighted by Crippen LogP contribution is 2.39. The number of aliphatic carboxylic acids is 1. The van der Waals surface area contributed by atoms with Crippen LogP contribution in [0.3, 0.4) is 0 Å². The fourth-order valence-corrected chi connectivity index (χ4v) is 5.73. The van der Waals surface area contributed by atoms with E-state index in [1.54, 1.807) is 0 Å². The fraction of sp³-hybridized carbons (Fsp3) is 0.304. The van der Waals surface area contributed by atoms with E-state index in [2.05, 4.69) is 5.10 Å². The van der Waals surface area contributed by atoms with Crippen LogP contribution in [0.2, 0.25) is 0 Å². The van der Waals surface area contributed by atoms with Crippen molar-refractivity contribution in [3.63, 3.8) is 0 Å². The molecule has 0 fully saturated rings. The Balaban J connectivity index is 1.77. The topological polar surface area (TPSA) is 92.5 Å². The van der Waals surface area contributed by atoms with E-state index in [9.17, 15) is 30.8 Å². The number of aromatic nitrogens is 2. The predicted molar refractivity (Wildman–Crippen MR) is 117 cm³/mol. The van der Waals surface area contributed by atoms with Crippen LogP contribution in [0.5, 0.6) is 0 Å². The summed E-state index contributed by atoms with van der Waals surface area (Å²) < 4.78 is 83.6. The molecule has 0 saturated carbocycles. The smallest absolute Gasteiger partial charge is 0.416 e. The standard InChI is InChI=1S/C23H21F4N3O4S/c1-29(20-3-2-4-21-19(20)12-28-30(21)13-22(31)32)35(33,34)18-10-15(9-16(11-18)23(25,26)27)14-5-7-17(24)8-6-14/h5-12,20H,2-4,13H2,1H3,(H,31,32)/t20-/m1/s1. The van der Waals surface area contributed by atoms with Gasteiger partial charge in [0.25, 0.3) is 0 Å². The van der Waals surface area contributed by atoms with E-state index < -0.39 is 44.5 Å². The van der Waals surface area contributed by atoms with Gasteiger partial charge in [0.1, 0.15) is 12.4 Å². The number of alkyl halides is 3. The van der Waals surface area contributed by atoms with Crippen LogP contribution >= 0.6 is 0 Å².